The molecule has 0 bridgehead atoms. The van der Waals surface area contributed by atoms with Crippen LogP contribution in [0.5, 0.6) is 0 Å². The molecule has 122 valence electrons. The zero-order chi connectivity index (χ0) is 17.4. The largest absolute Gasteiger partial charge is 0.399 e. The maximum Gasteiger partial charge on any atom is 0.220 e. The van der Waals surface area contributed by atoms with Gasteiger partial charge in [-0.15, -0.1) is 4.91 Å². The quantitative estimate of drug-likeness (QED) is 0.250. The summed E-state index contributed by atoms with van der Waals surface area (Å²) < 4.78 is 2.22. The van der Waals surface area contributed by atoms with Crippen LogP contribution in [0.3, 0.4) is 0 Å². The van der Waals surface area contributed by atoms with Crippen molar-refractivity contribution in [3.63, 3.8) is 0 Å². The van der Waals surface area contributed by atoms with Crippen molar-refractivity contribution in [3.05, 3.63) is 71.6 Å². The zero-order valence-corrected chi connectivity index (χ0v) is 13.9. The average Bonchev–Trinajstić information content (AvgIpc) is 2.66. The summed E-state index contributed by atoms with van der Waals surface area (Å²) in [5.41, 5.74) is 10.5. The van der Waals surface area contributed by atoms with Crippen LogP contribution in [0.1, 0.15) is 6.92 Å². The van der Waals surface area contributed by atoms with Crippen molar-refractivity contribution in [2.45, 2.75) is 13.5 Å². The molecular formula is C21H18N3O+. The van der Waals surface area contributed by atoms with E-state index in [0.717, 1.165) is 45.2 Å². The topological polar surface area (TPSA) is 59.3 Å². The smallest absolute Gasteiger partial charge is 0.220 e. The highest BCUT2D eigenvalue weighted by molar-refractivity contribution is 6.10. The number of anilines is 1. The van der Waals surface area contributed by atoms with Gasteiger partial charge in [0.05, 0.1) is 10.8 Å². The number of nitrogens with two attached hydrogens (primary N) is 1. The van der Waals surface area contributed by atoms with Crippen LogP contribution in [0.25, 0.3) is 32.9 Å². The first-order valence-corrected chi connectivity index (χ1v) is 8.30. The van der Waals surface area contributed by atoms with Crippen LogP contribution in [-0.4, -0.2) is 0 Å². The summed E-state index contributed by atoms with van der Waals surface area (Å²) in [4.78, 5) is 11.0. The molecule has 0 spiro atoms. The Kier molecular flexibility index (Phi) is 3.65. The third kappa shape index (κ3) is 2.43. The Hall–Kier alpha value is -3.27. The first kappa shape index (κ1) is 15.3. The second kappa shape index (κ2) is 5.98. The van der Waals surface area contributed by atoms with E-state index in [1.54, 1.807) is 6.07 Å². The van der Waals surface area contributed by atoms with Gasteiger partial charge in [-0.25, -0.2) is 0 Å². The van der Waals surface area contributed by atoms with E-state index in [1.165, 1.54) is 0 Å². The first-order valence-electron chi connectivity index (χ1n) is 8.30. The molecule has 0 atom stereocenters. The van der Waals surface area contributed by atoms with Gasteiger partial charge in [-0.2, -0.15) is 4.57 Å². The van der Waals surface area contributed by atoms with Gasteiger partial charge in [0.2, 0.25) is 11.2 Å². The lowest BCUT2D eigenvalue weighted by Crippen LogP contribution is -2.36. The van der Waals surface area contributed by atoms with Gasteiger partial charge in [0.15, 0.2) is 0 Å². The fraction of sp³-hybridized carbons (Fsp3) is 0.0952. The molecular weight excluding hydrogens is 310 g/mol. The maximum absolute atomic E-state index is 11.0. The number of nitroso groups, excluding NO2 is 1. The molecule has 4 heteroatoms. The third-order valence-electron chi connectivity index (χ3n) is 4.60. The summed E-state index contributed by atoms with van der Waals surface area (Å²) in [6, 6.07) is 21.8. The highest BCUT2D eigenvalue weighted by Gasteiger charge is 2.22. The Morgan fingerprint density at radius 3 is 2.40 bits per heavy atom. The summed E-state index contributed by atoms with van der Waals surface area (Å²) in [5, 5.41) is 6.42. The highest BCUT2D eigenvalue weighted by Crippen LogP contribution is 2.33. The van der Waals surface area contributed by atoms with Crippen molar-refractivity contribution in [1.82, 2.24) is 0 Å². The Morgan fingerprint density at radius 1 is 0.920 bits per heavy atom. The Labute approximate surface area is 145 Å². The first-order chi connectivity index (χ1) is 12.2. The van der Waals surface area contributed by atoms with E-state index < -0.39 is 0 Å². The van der Waals surface area contributed by atoms with Crippen LogP contribution in [0.4, 0.5) is 11.4 Å². The van der Waals surface area contributed by atoms with E-state index in [4.69, 9.17) is 5.73 Å². The van der Waals surface area contributed by atoms with Crippen LogP contribution in [0, 0.1) is 4.91 Å². The molecule has 2 N–H and O–H groups in total. The molecule has 0 saturated carbocycles. The summed E-state index contributed by atoms with van der Waals surface area (Å²) >= 11 is 0. The highest BCUT2D eigenvalue weighted by atomic mass is 16.3. The average molecular weight is 328 g/mol. The van der Waals surface area contributed by atoms with Gasteiger partial charge in [-0.3, -0.25) is 0 Å². The molecule has 0 unspecified atom stereocenters. The van der Waals surface area contributed by atoms with Crippen molar-refractivity contribution < 1.29 is 4.57 Å². The molecule has 4 rings (SSSR count). The molecule has 0 aliphatic rings. The van der Waals surface area contributed by atoms with E-state index >= 15 is 0 Å². The van der Waals surface area contributed by atoms with Crippen LogP contribution in [-0.2, 0) is 6.54 Å². The Balaban J connectivity index is 2.26. The minimum atomic E-state index is 0.434. The third-order valence-corrected chi connectivity index (χ3v) is 4.60. The number of aromatic nitrogens is 1. The number of benzene rings is 3. The number of pyridine rings is 1. The van der Waals surface area contributed by atoms with Gasteiger partial charge in [0.1, 0.15) is 12.2 Å². The SMILES string of the molecule is CC[n+]1c(-c2ccccc2)c2cc(N)ccc2c2ccc(N=O)cc21. The number of fused-ring (bicyclic) bond motifs is 3. The maximum atomic E-state index is 11.0. The van der Waals surface area contributed by atoms with Crippen molar-refractivity contribution in [1.29, 1.82) is 0 Å². The molecule has 1 aromatic heterocycles. The minimum absolute atomic E-state index is 0.434. The van der Waals surface area contributed by atoms with Crippen molar-refractivity contribution in [2.24, 2.45) is 5.18 Å². The van der Waals surface area contributed by atoms with Crippen LogP contribution < -0.4 is 10.3 Å². The second-order valence-electron chi connectivity index (χ2n) is 6.06. The molecule has 1 heterocycles. The molecule has 4 nitrogen and oxygen atoms in total. The predicted molar refractivity (Wildman–Crippen MR) is 103 cm³/mol. The van der Waals surface area contributed by atoms with Crippen molar-refractivity contribution in [3.8, 4) is 11.3 Å². The molecule has 0 amide bonds. The standard InChI is InChI=1S/C21H17N3O/c1-2-24-20-13-16(23-25)9-11-18(20)17-10-8-15(22)12-19(17)21(24)14-6-4-3-5-7-14/h3-13H,2H2,1H3,(H-,22,25)/p+1. The summed E-state index contributed by atoms with van der Waals surface area (Å²) in [7, 11) is 0. The monoisotopic (exact) mass is 328 g/mol. The van der Waals surface area contributed by atoms with Gasteiger partial charge in [0.25, 0.3) is 0 Å². The predicted octanol–water partition coefficient (Wildman–Crippen LogP) is 4.95. The minimum Gasteiger partial charge on any atom is -0.399 e. The summed E-state index contributed by atoms with van der Waals surface area (Å²) in [6.45, 7) is 2.87. The zero-order valence-electron chi connectivity index (χ0n) is 13.9. The van der Waals surface area contributed by atoms with E-state index in [0.29, 0.717) is 5.69 Å². The van der Waals surface area contributed by atoms with Crippen molar-refractivity contribution >= 4 is 33.1 Å². The lowest BCUT2D eigenvalue weighted by molar-refractivity contribution is -0.655. The van der Waals surface area contributed by atoms with E-state index in [9.17, 15) is 4.91 Å². The van der Waals surface area contributed by atoms with Crippen LogP contribution >= 0.6 is 0 Å². The Morgan fingerprint density at radius 2 is 1.68 bits per heavy atom. The number of hydrogen-bond donors (Lipinski definition) is 1. The summed E-state index contributed by atoms with van der Waals surface area (Å²) in [5.74, 6) is 0. The number of hydrogen-bond acceptors (Lipinski definition) is 3. The van der Waals surface area contributed by atoms with Gasteiger partial charge in [-0.05, 0) is 48.5 Å². The molecule has 4 aromatic rings. The van der Waals surface area contributed by atoms with Gasteiger partial charge < -0.3 is 5.73 Å². The molecule has 3 aromatic carbocycles. The van der Waals surface area contributed by atoms with Gasteiger partial charge >= 0.3 is 0 Å². The van der Waals surface area contributed by atoms with E-state index in [-0.39, 0.29) is 0 Å². The summed E-state index contributed by atoms with van der Waals surface area (Å²) in [6.07, 6.45) is 0. The number of rotatable bonds is 3. The number of aryl methyl sites for hydroxylation is 1. The molecule has 25 heavy (non-hydrogen) atoms. The number of nitrogens with zero attached hydrogens (tertiary/aromatic N) is 2. The molecule has 0 aliphatic carbocycles. The van der Waals surface area contributed by atoms with Crippen LogP contribution in [0.2, 0.25) is 0 Å². The molecule has 0 radical (unpaired) electrons. The second-order valence-corrected chi connectivity index (χ2v) is 6.06. The van der Waals surface area contributed by atoms with Gasteiger partial charge in [0, 0.05) is 22.7 Å². The molecule has 0 saturated heterocycles. The van der Waals surface area contributed by atoms with E-state index in [2.05, 4.69) is 28.8 Å². The van der Waals surface area contributed by atoms with Crippen molar-refractivity contribution in [2.75, 3.05) is 5.73 Å². The Bertz CT molecular complexity index is 1100. The lowest BCUT2D eigenvalue weighted by Gasteiger charge is -2.12. The fourth-order valence-electron chi connectivity index (χ4n) is 3.52. The molecule has 0 aliphatic heterocycles. The van der Waals surface area contributed by atoms with Crippen LogP contribution in [0.15, 0.2) is 71.9 Å². The lowest BCUT2D eigenvalue weighted by atomic mass is 9.98. The number of nitrogen functional groups attached to an aromatic ring is 1. The van der Waals surface area contributed by atoms with Gasteiger partial charge in [-0.1, -0.05) is 24.3 Å². The normalized spacial score (nSPS) is 11.1. The fourth-order valence-corrected chi connectivity index (χ4v) is 3.52. The molecule has 0 fully saturated rings. The van der Waals surface area contributed by atoms with E-state index in [1.807, 2.05) is 48.5 Å².